The zero-order chi connectivity index (χ0) is 14.3. The number of amides is 1. The van der Waals surface area contributed by atoms with Crippen molar-refractivity contribution in [3.63, 3.8) is 0 Å². The summed E-state index contributed by atoms with van der Waals surface area (Å²) in [6.45, 7) is 0.628. The van der Waals surface area contributed by atoms with Crippen molar-refractivity contribution >= 4 is 11.9 Å². The maximum Gasteiger partial charge on any atom is 0.416 e. The molecule has 0 atom stereocenters. The van der Waals surface area contributed by atoms with Crippen LogP contribution in [0, 0.1) is 0 Å². The molecule has 21 heavy (non-hydrogen) atoms. The Balaban J connectivity index is 1.58. The topological polar surface area (TPSA) is 42.4 Å². The molecule has 0 radical (unpaired) electrons. The maximum atomic E-state index is 12.0. The van der Waals surface area contributed by atoms with Gasteiger partial charge in [0.25, 0.3) is 0 Å². The summed E-state index contributed by atoms with van der Waals surface area (Å²) in [6, 6.07) is 14.0. The van der Waals surface area contributed by atoms with Gasteiger partial charge in [0, 0.05) is 11.8 Å². The van der Waals surface area contributed by atoms with E-state index in [4.69, 9.17) is 4.74 Å². The standard InChI is InChI=1S/C17H16N2O2/c20-16-19(12-17(21-16)9-4-10-17)15-8-7-14(11-18-15)13-5-2-1-3-6-13/h1-3,5-8,11H,4,9-10,12H2. The van der Waals surface area contributed by atoms with Crippen LogP contribution < -0.4 is 4.90 Å². The van der Waals surface area contributed by atoms with Crippen LogP contribution in [-0.4, -0.2) is 23.2 Å². The smallest absolute Gasteiger partial charge is 0.416 e. The number of carbonyl (C=O) groups excluding carboxylic acids is 1. The summed E-state index contributed by atoms with van der Waals surface area (Å²) in [7, 11) is 0. The monoisotopic (exact) mass is 280 g/mol. The molecule has 0 bridgehead atoms. The fraction of sp³-hybridized carbons (Fsp3) is 0.294. The van der Waals surface area contributed by atoms with E-state index in [2.05, 4.69) is 4.98 Å². The molecular weight excluding hydrogens is 264 g/mol. The van der Waals surface area contributed by atoms with E-state index in [1.54, 1.807) is 4.90 Å². The lowest BCUT2D eigenvalue weighted by Crippen LogP contribution is -2.41. The van der Waals surface area contributed by atoms with Gasteiger partial charge in [-0.05, 0) is 37.0 Å². The van der Waals surface area contributed by atoms with Gasteiger partial charge >= 0.3 is 6.09 Å². The fourth-order valence-electron chi connectivity index (χ4n) is 2.98. The molecule has 0 N–H and O–H groups in total. The molecule has 1 aliphatic heterocycles. The Labute approximate surface area is 123 Å². The van der Waals surface area contributed by atoms with E-state index in [1.807, 2.05) is 48.7 Å². The van der Waals surface area contributed by atoms with Crippen molar-refractivity contribution in [2.24, 2.45) is 0 Å². The summed E-state index contributed by atoms with van der Waals surface area (Å²) in [4.78, 5) is 18.1. The molecule has 1 saturated heterocycles. The first-order chi connectivity index (χ1) is 10.3. The van der Waals surface area contributed by atoms with Gasteiger partial charge in [-0.25, -0.2) is 9.78 Å². The molecule has 0 unspecified atom stereocenters. The molecule has 4 nitrogen and oxygen atoms in total. The predicted octanol–water partition coefficient (Wildman–Crippen LogP) is 3.63. The van der Waals surface area contributed by atoms with Crippen LogP contribution in [0.4, 0.5) is 10.6 Å². The zero-order valence-electron chi connectivity index (χ0n) is 11.7. The molecule has 2 fully saturated rings. The highest BCUT2D eigenvalue weighted by Crippen LogP contribution is 2.41. The molecule has 1 amide bonds. The van der Waals surface area contributed by atoms with Crippen molar-refractivity contribution in [3.05, 3.63) is 48.7 Å². The highest BCUT2D eigenvalue weighted by molar-refractivity contribution is 5.89. The van der Waals surface area contributed by atoms with Crippen molar-refractivity contribution in [1.29, 1.82) is 0 Å². The van der Waals surface area contributed by atoms with E-state index >= 15 is 0 Å². The van der Waals surface area contributed by atoms with Gasteiger partial charge in [-0.1, -0.05) is 30.3 Å². The van der Waals surface area contributed by atoms with Crippen LogP contribution in [-0.2, 0) is 4.74 Å². The van der Waals surface area contributed by atoms with Crippen molar-refractivity contribution < 1.29 is 9.53 Å². The van der Waals surface area contributed by atoms with E-state index < -0.39 is 0 Å². The minimum atomic E-state index is -0.269. The molecule has 2 aromatic rings. The highest BCUT2D eigenvalue weighted by Gasteiger charge is 2.50. The number of carbonyl (C=O) groups is 1. The number of nitrogens with zero attached hydrogens (tertiary/aromatic N) is 2. The zero-order valence-corrected chi connectivity index (χ0v) is 11.7. The minimum absolute atomic E-state index is 0.239. The van der Waals surface area contributed by atoms with E-state index in [1.165, 1.54) is 0 Å². The number of hydrogen-bond donors (Lipinski definition) is 0. The fourth-order valence-corrected chi connectivity index (χ4v) is 2.98. The van der Waals surface area contributed by atoms with Crippen LogP contribution in [0.3, 0.4) is 0 Å². The van der Waals surface area contributed by atoms with Crippen LogP contribution >= 0.6 is 0 Å². The van der Waals surface area contributed by atoms with Crippen LogP contribution in [0.15, 0.2) is 48.7 Å². The number of rotatable bonds is 2. The lowest BCUT2D eigenvalue weighted by atomic mass is 9.80. The number of pyridine rings is 1. The lowest BCUT2D eigenvalue weighted by Gasteiger charge is -2.34. The first-order valence-corrected chi connectivity index (χ1v) is 7.28. The number of aromatic nitrogens is 1. The van der Waals surface area contributed by atoms with Crippen LogP contribution in [0.25, 0.3) is 11.1 Å². The van der Waals surface area contributed by atoms with Crippen molar-refractivity contribution in [2.45, 2.75) is 24.9 Å². The number of benzene rings is 1. The second-order valence-corrected chi connectivity index (χ2v) is 5.76. The van der Waals surface area contributed by atoms with Crippen molar-refractivity contribution in [2.75, 3.05) is 11.4 Å². The maximum absolute atomic E-state index is 12.0. The van der Waals surface area contributed by atoms with E-state index in [0.717, 1.165) is 30.4 Å². The summed E-state index contributed by atoms with van der Waals surface area (Å²) >= 11 is 0. The Morgan fingerprint density at radius 3 is 2.43 bits per heavy atom. The van der Waals surface area contributed by atoms with Gasteiger partial charge in [-0.2, -0.15) is 0 Å². The minimum Gasteiger partial charge on any atom is -0.441 e. The van der Waals surface area contributed by atoms with Gasteiger partial charge in [0.2, 0.25) is 0 Å². The number of ether oxygens (including phenoxy) is 1. The Morgan fingerprint density at radius 2 is 1.86 bits per heavy atom. The average molecular weight is 280 g/mol. The molecule has 1 aliphatic carbocycles. The normalized spacial score (nSPS) is 19.4. The van der Waals surface area contributed by atoms with Crippen molar-refractivity contribution in [1.82, 2.24) is 4.98 Å². The number of anilines is 1. The Hall–Kier alpha value is -2.36. The lowest BCUT2D eigenvalue weighted by molar-refractivity contribution is -0.00650. The van der Waals surface area contributed by atoms with Gasteiger partial charge < -0.3 is 4.74 Å². The van der Waals surface area contributed by atoms with Gasteiger partial charge in [0.05, 0.1) is 6.54 Å². The number of hydrogen-bond acceptors (Lipinski definition) is 3. The summed E-state index contributed by atoms with van der Waals surface area (Å²) in [6.07, 6.45) is 4.62. The highest BCUT2D eigenvalue weighted by atomic mass is 16.6. The van der Waals surface area contributed by atoms with E-state index in [0.29, 0.717) is 12.4 Å². The second-order valence-electron chi connectivity index (χ2n) is 5.76. The summed E-state index contributed by atoms with van der Waals surface area (Å²) in [5.74, 6) is 0.670. The Kier molecular flexibility index (Phi) is 2.70. The quantitative estimate of drug-likeness (QED) is 0.843. The third-order valence-electron chi connectivity index (χ3n) is 4.37. The molecule has 1 aromatic carbocycles. The Bertz CT molecular complexity index is 663. The average Bonchev–Trinajstić information content (AvgIpc) is 2.87. The molecule has 2 aliphatic rings. The van der Waals surface area contributed by atoms with Gasteiger partial charge in [0.15, 0.2) is 0 Å². The van der Waals surface area contributed by atoms with Crippen LogP contribution in [0.5, 0.6) is 0 Å². The first kappa shape index (κ1) is 12.4. The SMILES string of the molecule is O=C1OC2(CCC2)CN1c1ccc(-c2ccccc2)cn1. The largest absolute Gasteiger partial charge is 0.441 e. The van der Waals surface area contributed by atoms with E-state index in [9.17, 15) is 4.79 Å². The van der Waals surface area contributed by atoms with Gasteiger partial charge in [0.1, 0.15) is 11.4 Å². The van der Waals surface area contributed by atoms with Crippen LogP contribution in [0.2, 0.25) is 0 Å². The third-order valence-corrected chi connectivity index (χ3v) is 4.37. The first-order valence-electron chi connectivity index (χ1n) is 7.28. The summed E-state index contributed by atoms with van der Waals surface area (Å²) in [5.41, 5.74) is 1.93. The molecule has 1 saturated carbocycles. The molecule has 1 aromatic heterocycles. The third kappa shape index (κ3) is 2.07. The molecule has 4 rings (SSSR count). The molecular formula is C17H16N2O2. The second kappa shape index (κ2) is 4.58. The summed E-state index contributed by atoms with van der Waals surface area (Å²) < 4.78 is 5.51. The molecule has 2 heterocycles. The van der Waals surface area contributed by atoms with E-state index in [-0.39, 0.29) is 11.7 Å². The van der Waals surface area contributed by atoms with Crippen LogP contribution in [0.1, 0.15) is 19.3 Å². The predicted molar refractivity (Wildman–Crippen MR) is 80.1 cm³/mol. The summed E-state index contributed by atoms with van der Waals surface area (Å²) in [5, 5.41) is 0. The molecule has 106 valence electrons. The van der Waals surface area contributed by atoms with Gasteiger partial charge in [-0.3, -0.25) is 4.90 Å². The Morgan fingerprint density at radius 1 is 1.05 bits per heavy atom. The van der Waals surface area contributed by atoms with Gasteiger partial charge in [-0.15, -0.1) is 0 Å². The molecule has 4 heteroatoms. The molecule has 1 spiro atoms. The van der Waals surface area contributed by atoms with Crippen molar-refractivity contribution in [3.8, 4) is 11.1 Å².